The molecule has 1 saturated heterocycles. The number of carboxylic acid groups (broad SMARTS) is 1. The smallest absolute Gasteiger partial charge is 0.316 e. The highest BCUT2D eigenvalue weighted by Gasteiger charge is 2.34. The molecule has 2 atom stereocenters. The first-order valence-corrected chi connectivity index (χ1v) is 8.82. The van der Waals surface area contributed by atoms with E-state index >= 15 is 0 Å². The number of carbonyl (C=O) groups excluding carboxylic acids is 1. The van der Waals surface area contributed by atoms with Crippen molar-refractivity contribution < 1.29 is 19.4 Å². The number of ether oxygens (including phenoxy) is 1. The number of thioether (sulfide) groups is 1. The summed E-state index contributed by atoms with van der Waals surface area (Å²) in [5.74, 6) is -0.718. The molecule has 1 amide bonds. The summed E-state index contributed by atoms with van der Waals surface area (Å²) in [5, 5.41) is 11.4. The molecule has 2 rings (SSSR count). The van der Waals surface area contributed by atoms with Crippen molar-refractivity contribution in [2.75, 3.05) is 5.32 Å². The second kappa shape index (κ2) is 7.64. The summed E-state index contributed by atoms with van der Waals surface area (Å²) in [7, 11) is 0. The number of carboxylic acids is 1. The Hall–Kier alpha value is -1.11. The zero-order valence-corrected chi connectivity index (χ0v) is 15.0. The van der Waals surface area contributed by atoms with Crippen molar-refractivity contribution in [3.63, 3.8) is 0 Å². The maximum absolute atomic E-state index is 12.3. The van der Waals surface area contributed by atoms with Crippen molar-refractivity contribution >= 4 is 52.5 Å². The van der Waals surface area contributed by atoms with Gasteiger partial charge in [-0.3, -0.25) is 9.59 Å². The fourth-order valence-electron chi connectivity index (χ4n) is 2.19. The highest BCUT2D eigenvalue weighted by Crippen LogP contribution is 2.37. The molecule has 0 aliphatic carbocycles. The third-order valence-electron chi connectivity index (χ3n) is 3.23. The zero-order valence-electron chi connectivity index (χ0n) is 12.6. The standard InChI is InChI=1S/C15H17Cl2NO4S/c1-7(2)22-11-6-10(8(16)5-9(11)17)18-14(19)12-3-4-13(23-12)15(20)21/h5-7,12-13H,3-4H2,1-2H3,(H,18,19)(H,20,21)/t12-,13+/m1/s1. The van der Waals surface area contributed by atoms with E-state index in [0.29, 0.717) is 34.3 Å². The van der Waals surface area contributed by atoms with E-state index in [1.165, 1.54) is 6.07 Å². The summed E-state index contributed by atoms with van der Waals surface area (Å²) in [5.41, 5.74) is 0.399. The molecular weight excluding hydrogens is 361 g/mol. The molecule has 0 aromatic heterocycles. The Balaban J connectivity index is 2.10. The van der Waals surface area contributed by atoms with Crippen molar-refractivity contribution in [2.24, 2.45) is 0 Å². The summed E-state index contributed by atoms with van der Waals surface area (Å²) in [6.45, 7) is 3.73. The number of hydrogen-bond acceptors (Lipinski definition) is 4. The number of benzene rings is 1. The number of amides is 1. The number of rotatable bonds is 5. The van der Waals surface area contributed by atoms with Gasteiger partial charge in [0.15, 0.2) is 0 Å². The lowest BCUT2D eigenvalue weighted by Gasteiger charge is -2.16. The largest absolute Gasteiger partial charge is 0.489 e. The second-order valence-electron chi connectivity index (χ2n) is 5.45. The van der Waals surface area contributed by atoms with Crippen LogP contribution in [0.5, 0.6) is 5.75 Å². The average Bonchev–Trinajstić information content (AvgIpc) is 2.93. The Kier molecular flexibility index (Phi) is 6.06. The molecule has 1 aromatic rings. The van der Waals surface area contributed by atoms with Gasteiger partial charge in [-0.15, -0.1) is 11.8 Å². The van der Waals surface area contributed by atoms with Crippen LogP contribution in [0.3, 0.4) is 0 Å². The first-order chi connectivity index (χ1) is 10.8. The van der Waals surface area contributed by atoms with Crippen LogP contribution < -0.4 is 10.1 Å². The van der Waals surface area contributed by atoms with Crippen LogP contribution >= 0.6 is 35.0 Å². The summed E-state index contributed by atoms with van der Waals surface area (Å²) in [6, 6.07) is 3.09. The number of halogens is 2. The lowest BCUT2D eigenvalue weighted by Crippen LogP contribution is -2.24. The summed E-state index contributed by atoms with van der Waals surface area (Å²) in [6.07, 6.45) is 0.932. The summed E-state index contributed by atoms with van der Waals surface area (Å²) in [4.78, 5) is 23.3. The van der Waals surface area contributed by atoms with Crippen LogP contribution in [0.25, 0.3) is 0 Å². The van der Waals surface area contributed by atoms with Crippen LogP contribution in [0.1, 0.15) is 26.7 Å². The number of hydrogen-bond donors (Lipinski definition) is 2. The van der Waals surface area contributed by atoms with Crippen LogP contribution in [-0.4, -0.2) is 33.6 Å². The molecule has 5 nitrogen and oxygen atoms in total. The van der Waals surface area contributed by atoms with E-state index < -0.39 is 16.5 Å². The highest BCUT2D eigenvalue weighted by molar-refractivity contribution is 8.02. The van der Waals surface area contributed by atoms with Crippen LogP contribution in [0.15, 0.2) is 12.1 Å². The second-order valence-corrected chi connectivity index (χ2v) is 7.67. The van der Waals surface area contributed by atoms with Crippen molar-refractivity contribution in [1.29, 1.82) is 0 Å². The highest BCUT2D eigenvalue weighted by atomic mass is 35.5. The Morgan fingerprint density at radius 1 is 1.26 bits per heavy atom. The van der Waals surface area contributed by atoms with Gasteiger partial charge in [-0.1, -0.05) is 23.2 Å². The molecule has 0 saturated carbocycles. The van der Waals surface area contributed by atoms with E-state index in [1.807, 2.05) is 13.8 Å². The quantitative estimate of drug-likeness (QED) is 0.808. The van der Waals surface area contributed by atoms with E-state index in [2.05, 4.69) is 5.32 Å². The molecule has 0 spiro atoms. The maximum atomic E-state index is 12.3. The average molecular weight is 378 g/mol. The van der Waals surface area contributed by atoms with Crippen LogP contribution in [-0.2, 0) is 9.59 Å². The number of anilines is 1. The molecule has 1 aliphatic heterocycles. The molecule has 0 radical (unpaired) electrons. The van der Waals surface area contributed by atoms with Crippen molar-refractivity contribution in [1.82, 2.24) is 0 Å². The third kappa shape index (κ3) is 4.68. The van der Waals surface area contributed by atoms with Gasteiger partial charge >= 0.3 is 5.97 Å². The van der Waals surface area contributed by atoms with Gasteiger partial charge in [0, 0.05) is 6.07 Å². The van der Waals surface area contributed by atoms with Crippen molar-refractivity contribution in [3.8, 4) is 5.75 Å². The van der Waals surface area contributed by atoms with Crippen LogP contribution in [0.2, 0.25) is 10.0 Å². The predicted molar refractivity (Wildman–Crippen MR) is 92.9 cm³/mol. The Bertz CT molecular complexity index is 624. The topological polar surface area (TPSA) is 75.6 Å². The molecule has 0 unspecified atom stereocenters. The predicted octanol–water partition coefficient (Wildman–Crippen LogP) is 4.07. The number of nitrogens with one attached hydrogen (secondary N) is 1. The van der Waals surface area contributed by atoms with E-state index in [4.69, 9.17) is 33.0 Å². The molecule has 23 heavy (non-hydrogen) atoms. The molecule has 2 N–H and O–H groups in total. The zero-order chi connectivity index (χ0) is 17.1. The van der Waals surface area contributed by atoms with E-state index in [9.17, 15) is 9.59 Å². The van der Waals surface area contributed by atoms with Gasteiger partial charge in [0.25, 0.3) is 0 Å². The molecule has 126 valence electrons. The van der Waals surface area contributed by atoms with Gasteiger partial charge in [-0.25, -0.2) is 0 Å². The SMILES string of the molecule is CC(C)Oc1cc(NC(=O)[C@H]2CC[C@@H](C(=O)O)S2)c(Cl)cc1Cl. The van der Waals surface area contributed by atoms with Gasteiger partial charge in [-0.05, 0) is 32.8 Å². The first kappa shape index (κ1) is 18.2. The summed E-state index contributed by atoms with van der Waals surface area (Å²) < 4.78 is 5.57. The van der Waals surface area contributed by atoms with E-state index in [0.717, 1.165) is 11.8 Å². The van der Waals surface area contributed by atoms with Gasteiger partial charge in [0.2, 0.25) is 5.91 Å². The normalized spacial score (nSPS) is 20.6. The van der Waals surface area contributed by atoms with E-state index in [-0.39, 0.29) is 12.0 Å². The monoisotopic (exact) mass is 377 g/mol. The molecule has 1 aliphatic rings. The minimum absolute atomic E-state index is 0.0704. The minimum atomic E-state index is -0.887. The lowest BCUT2D eigenvalue weighted by atomic mass is 10.2. The van der Waals surface area contributed by atoms with Gasteiger partial charge < -0.3 is 15.2 Å². The molecule has 1 fully saturated rings. The fraction of sp³-hybridized carbons (Fsp3) is 0.467. The maximum Gasteiger partial charge on any atom is 0.316 e. The fourth-order valence-corrected chi connectivity index (χ4v) is 3.91. The molecule has 1 heterocycles. The van der Waals surface area contributed by atoms with Crippen LogP contribution in [0, 0.1) is 0 Å². The van der Waals surface area contributed by atoms with E-state index in [1.54, 1.807) is 6.07 Å². The molecule has 0 bridgehead atoms. The number of aliphatic carboxylic acids is 1. The van der Waals surface area contributed by atoms with Gasteiger partial charge in [0.05, 0.1) is 27.1 Å². The molecule has 8 heteroatoms. The Morgan fingerprint density at radius 3 is 2.48 bits per heavy atom. The van der Waals surface area contributed by atoms with Gasteiger partial charge in [0.1, 0.15) is 11.0 Å². The molecular formula is C15H17Cl2NO4S. The van der Waals surface area contributed by atoms with Crippen LogP contribution in [0.4, 0.5) is 5.69 Å². The van der Waals surface area contributed by atoms with Crippen molar-refractivity contribution in [3.05, 3.63) is 22.2 Å². The Morgan fingerprint density at radius 2 is 1.91 bits per heavy atom. The van der Waals surface area contributed by atoms with Crippen molar-refractivity contribution in [2.45, 2.75) is 43.3 Å². The molecule has 1 aromatic carbocycles. The lowest BCUT2D eigenvalue weighted by molar-refractivity contribution is -0.136. The van der Waals surface area contributed by atoms with Gasteiger partial charge in [-0.2, -0.15) is 0 Å². The summed E-state index contributed by atoms with van der Waals surface area (Å²) >= 11 is 13.3. The number of carbonyl (C=O) groups is 2. The minimum Gasteiger partial charge on any atom is -0.489 e. The third-order valence-corrected chi connectivity index (χ3v) is 5.38. The first-order valence-electron chi connectivity index (χ1n) is 7.12. The Labute approximate surface area is 148 Å².